The molecule has 2 N–H and O–H groups in total. The highest BCUT2D eigenvalue weighted by Crippen LogP contribution is 2.30. The van der Waals surface area contributed by atoms with Gasteiger partial charge in [0.1, 0.15) is 11.5 Å². The summed E-state index contributed by atoms with van der Waals surface area (Å²) in [4.78, 5) is 2.06. The first-order valence-electron chi connectivity index (χ1n) is 6.92. The molecule has 0 bridgehead atoms. The van der Waals surface area contributed by atoms with E-state index in [-0.39, 0.29) is 11.8 Å². The second-order valence-corrected chi connectivity index (χ2v) is 5.23. The fraction of sp³-hybridized carbons (Fsp3) is 0.294. The van der Waals surface area contributed by atoms with Gasteiger partial charge in [-0.3, -0.25) is 0 Å². The van der Waals surface area contributed by atoms with E-state index < -0.39 is 0 Å². The molecular weight excluding hydrogens is 264 g/mol. The normalized spacial score (nSPS) is 11.8. The number of hydrogen-bond acceptors (Lipinski definition) is 4. The van der Waals surface area contributed by atoms with Crippen LogP contribution in [0, 0.1) is 0 Å². The number of phenols is 1. The van der Waals surface area contributed by atoms with E-state index in [2.05, 4.69) is 22.3 Å². The molecule has 2 aromatic rings. The maximum absolute atomic E-state index is 9.99. The lowest BCUT2D eigenvalue weighted by Gasteiger charge is -2.19. The van der Waals surface area contributed by atoms with Crippen LogP contribution in [0.2, 0.25) is 0 Å². The molecule has 4 heteroatoms. The molecule has 0 aliphatic rings. The number of methoxy groups -OCH3 is 1. The van der Waals surface area contributed by atoms with Gasteiger partial charge in [0.25, 0.3) is 0 Å². The molecule has 0 fully saturated rings. The Morgan fingerprint density at radius 1 is 1.10 bits per heavy atom. The van der Waals surface area contributed by atoms with E-state index in [1.54, 1.807) is 19.2 Å². The van der Waals surface area contributed by atoms with Gasteiger partial charge in [0.05, 0.1) is 13.2 Å². The van der Waals surface area contributed by atoms with Crippen molar-refractivity contribution >= 4 is 11.4 Å². The Morgan fingerprint density at radius 2 is 1.76 bits per heavy atom. The van der Waals surface area contributed by atoms with Gasteiger partial charge in [0.15, 0.2) is 0 Å². The van der Waals surface area contributed by atoms with Crippen LogP contribution in [-0.2, 0) is 0 Å². The van der Waals surface area contributed by atoms with Gasteiger partial charge < -0.3 is 20.1 Å². The van der Waals surface area contributed by atoms with Crippen molar-refractivity contribution in [2.45, 2.75) is 13.0 Å². The Balaban J connectivity index is 2.15. The van der Waals surface area contributed by atoms with Crippen LogP contribution in [0.3, 0.4) is 0 Å². The van der Waals surface area contributed by atoms with Gasteiger partial charge >= 0.3 is 0 Å². The van der Waals surface area contributed by atoms with E-state index in [4.69, 9.17) is 4.74 Å². The van der Waals surface area contributed by atoms with Crippen LogP contribution in [0.4, 0.5) is 11.4 Å². The van der Waals surface area contributed by atoms with Crippen molar-refractivity contribution in [1.29, 1.82) is 0 Å². The topological polar surface area (TPSA) is 44.7 Å². The van der Waals surface area contributed by atoms with Crippen LogP contribution in [0.1, 0.15) is 18.5 Å². The van der Waals surface area contributed by atoms with E-state index in [0.717, 1.165) is 22.7 Å². The molecule has 2 aromatic carbocycles. The van der Waals surface area contributed by atoms with Gasteiger partial charge in [-0.05, 0) is 49.4 Å². The van der Waals surface area contributed by atoms with Crippen LogP contribution in [-0.4, -0.2) is 26.3 Å². The standard InChI is InChI=1S/C17H22N2O2/c1-12(16-11-15(21-4)9-10-17(16)20)18-13-5-7-14(8-6-13)19(2)3/h5-12,18,20H,1-4H3. The third-order valence-corrected chi connectivity index (χ3v) is 3.47. The summed E-state index contributed by atoms with van der Waals surface area (Å²) in [5, 5.41) is 13.4. The number of nitrogens with one attached hydrogen (secondary N) is 1. The average molecular weight is 286 g/mol. The molecule has 0 radical (unpaired) electrons. The molecule has 0 spiro atoms. The molecule has 0 aliphatic heterocycles. The molecular formula is C17H22N2O2. The van der Waals surface area contributed by atoms with Gasteiger partial charge in [-0.25, -0.2) is 0 Å². The predicted molar refractivity (Wildman–Crippen MR) is 87.5 cm³/mol. The van der Waals surface area contributed by atoms with E-state index in [0.29, 0.717) is 0 Å². The quantitative estimate of drug-likeness (QED) is 0.881. The lowest BCUT2D eigenvalue weighted by Crippen LogP contribution is -2.09. The molecule has 1 atom stereocenters. The molecule has 4 nitrogen and oxygen atoms in total. The minimum absolute atomic E-state index is 0.0229. The molecule has 0 saturated carbocycles. The summed E-state index contributed by atoms with van der Waals surface area (Å²) in [5.41, 5.74) is 2.97. The zero-order valence-electron chi connectivity index (χ0n) is 12.9. The maximum atomic E-state index is 9.99. The highest BCUT2D eigenvalue weighted by atomic mass is 16.5. The van der Waals surface area contributed by atoms with Crippen molar-refractivity contribution < 1.29 is 9.84 Å². The Hall–Kier alpha value is -2.36. The molecule has 21 heavy (non-hydrogen) atoms. The van der Waals surface area contributed by atoms with Crippen molar-refractivity contribution in [3.8, 4) is 11.5 Å². The van der Waals surface area contributed by atoms with Crippen LogP contribution < -0.4 is 15.0 Å². The number of nitrogens with zero attached hydrogens (tertiary/aromatic N) is 1. The zero-order valence-corrected chi connectivity index (χ0v) is 12.9. The van der Waals surface area contributed by atoms with Gasteiger partial charge in [-0.15, -0.1) is 0 Å². The first kappa shape index (κ1) is 15.0. The summed E-state index contributed by atoms with van der Waals surface area (Å²) >= 11 is 0. The minimum atomic E-state index is -0.0229. The van der Waals surface area contributed by atoms with Gasteiger partial charge in [0.2, 0.25) is 0 Å². The smallest absolute Gasteiger partial charge is 0.121 e. The minimum Gasteiger partial charge on any atom is -0.508 e. The van der Waals surface area contributed by atoms with Crippen LogP contribution in [0.15, 0.2) is 42.5 Å². The number of rotatable bonds is 5. The number of benzene rings is 2. The summed E-state index contributed by atoms with van der Waals surface area (Å²) in [7, 11) is 5.65. The second-order valence-electron chi connectivity index (χ2n) is 5.23. The van der Waals surface area contributed by atoms with E-state index in [1.807, 2.05) is 39.2 Å². The zero-order chi connectivity index (χ0) is 15.4. The van der Waals surface area contributed by atoms with Crippen molar-refractivity contribution in [1.82, 2.24) is 0 Å². The molecule has 0 heterocycles. The third kappa shape index (κ3) is 3.60. The van der Waals surface area contributed by atoms with Crippen molar-refractivity contribution in [3.63, 3.8) is 0 Å². The molecule has 0 aromatic heterocycles. The number of aromatic hydroxyl groups is 1. The van der Waals surface area contributed by atoms with Crippen LogP contribution >= 0.6 is 0 Å². The van der Waals surface area contributed by atoms with E-state index in [1.165, 1.54) is 0 Å². The molecule has 0 aliphatic carbocycles. The van der Waals surface area contributed by atoms with E-state index >= 15 is 0 Å². The Bertz CT molecular complexity index is 594. The summed E-state index contributed by atoms with van der Waals surface area (Å²) in [5.74, 6) is 1.00. The Morgan fingerprint density at radius 3 is 2.33 bits per heavy atom. The van der Waals surface area contributed by atoms with Gasteiger partial charge in [-0.1, -0.05) is 0 Å². The molecule has 1 unspecified atom stereocenters. The first-order chi connectivity index (χ1) is 10.0. The second kappa shape index (κ2) is 6.39. The van der Waals surface area contributed by atoms with Crippen LogP contribution in [0.5, 0.6) is 11.5 Å². The average Bonchev–Trinajstić information content (AvgIpc) is 2.48. The lowest BCUT2D eigenvalue weighted by atomic mass is 10.1. The summed E-state index contributed by atoms with van der Waals surface area (Å²) in [6, 6.07) is 13.4. The third-order valence-electron chi connectivity index (χ3n) is 3.47. The van der Waals surface area contributed by atoms with Gasteiger partial charge in [-0.2, -0.15) is 0 Å². The van der Waals surface area contributed by atoms with Crippen molar-refractivity contribution in [3.05, 3.63) is 48.0 Å². The number of hydrogen-bond donors (Lipinski definition) is 2. The number of anilines is 2. The number of phenolic OH excluding ortho intramolecular Hbond substituents is 1. The fourth-order valence-electron chi connectivity index (χ4n) is 2.19. The fourth-order valence-corrected chi connectivity index (χ4v) is 2.19. The molecule has 112 valence electrons. The maximum Gasteiger partial charge on any atom is 0.121 e. The highest BCUT2D eigenvalue weighted by molar-refractivity contribution is 5.56. The summed E-state index contributed by atoms with van der Waals surface area (Å²) < 4.78 is 5.21. The predicted octanol–water partition coefficient (Wildman–Crippen LogP) is 3.64. The van der Waals surface area contributed by atoms with Gasteiger partial charge in [0, 0.05) is 31.0 Å². The summed E-state index contributed by atoms with van der Waals surface area (Å²) in [6.45, 7) is 2.01. The van der Waals surface area contributed by atoms with E-state index in [9.17, 15) is 5.11 Å². The summed E-state index contributed by atoms with van der Waals surface area (Å²) in [6.07, 6.45) is 0. The molecule has 0 saturated heterocycles. The number of ether oxygens (including phenoxy) is 1. The largest absolute Gasteiger partial charge is 0.508 e. The van der Waals surface area contributed by atoms with Crippen molar-refractivity contribution in [2.75, 3.05) is 31.4 Å². The highest BCUT2D eigenvalue weighted by Gasteiger charge is 2.11. The SMILES string of the molecule is COc1ccc(O)c(C(C)Nc2ccc(N(C)C)cc2)c1. The van der Waals surface area contributed by atoms with Crippen LogP contribution in [0.25, 0.3) is 0 Å². The Kier molecular flexibility index (Phi) is 4.58. The first-order valence-corrected chi connectivity index (χ1v) is 6.92. The van der Waals surface area contributed by atoms with Crippen molar-refractivity contribution in [2.24, 2.45) is 0 Å². The monoisotopic (exact) mass is 286 g/mol. The molecule has 2 rings (SSSR count). The lowest BCUT2D eigenvalue weighted by molar-refractivity contribution is 0.410. The Labute approximate surface area is 126 Å². The molecule has 0 amide bonds.